The Hall–Kier alpha value is -1.68. The Labute approximate surface area is 101 Å². The number of aliphatic hydroxyl groups excluding tert-OH is 1. The molecule has 4 nitrogen and oxygen atoms in total. The summed E-state index contributed by atoms with van der Waals surface area (Å²) in [5.41, 5.74) is 1.49. The van der Waals surface area contributed by atoms with E-state index in [1.165, 1.54) is 0 Å². The predicted octanol–water partition coefficient (Wildman–Crippen LogP) is 1.81. The van der Waals surface area contributed by atoms with E-state index in [0.29, 0.717) is 12.0 Å². The third kappa shape index (κ3) is 5.26. The van der Waals surface area contributed by atoms with Crippen LogP contribution in [0.5, 0.6) is 0 Å². The zero-order valence-corrected chi connectivity index (χ0v) is 10.3. The predicted molar refractivity (Wildman–Crippen MR) is 64.6 cm³/mol. The lowest BCUT2D eigenvalue weighted by atomic mass is 10.00. The molecule has 0 saturated carbocycles. The average Bonchev–Trinajstić information content (AvgIpc) is 2.38. The van der Waals surface area contributed by atoms with Crippen molar-refractivity contribution in [2.75, 3.05) is 7.11 Å². The fourth-order valence-corrected chi connectivity index (χ4v) is 1.28. The highest BCUT2D eigenvalue weighted by Crippen LogP contribution is 2.11. The molecule has 0 fully saturated rings. The van der Waals surface area contributed by atoms with Gasteiger partial charge in [0.15, 0.2) is 5.78 Å². The SMILES string of the molecule is CC(C)C(=O)c1cccc(COC=O)c1.CO. The molecule has 0 heterocycles. The van der Waals surface area contributed by atoms with Gasteiger partial charge in [0, 0.05) is 18.6 Å². The highest BCUT2D eigenvalue weighted by Gasteiger charge is 2.10. The Balaban J connectivity index is 0.00000121. The maximum absolute atomic E-state index is 11.7. The van der Waals surface area contributed by atoms with Crippen LogP contribution in [0.2, 0.25) is 0 Å². The molecular weight excluding hydrogens is 220 g/mol. The number of hydrogen-bond donors (Lipinski definition) is 1. The van der Waals surface area contributed by atoms with Crippen molar-refractivity contribution in [3.63, 3.8) is 0 Å². The second-order valence-electron chi connectivity index (χ2n) is 3.63. The second kappa shape index (κ2) is 8.47. The number of hydrogen-bond acceptors (Lipinski definition) is 4. The van der Waals surface area contributed by atoms with E-state index >= 15 is 0 Å². The van der Waals surface area contributed by atoms with E-state index < -0.39 is 0 Å². The Bertz CT molecular complexity index is 358. The minimum Gasteiger partial charge on any atom is -0.463 e. The summed E-state index contributed by atoms with van der Waals surface area (Å²) in [5.74, 6) is 0.0789. The largest absolute Gasteiger partial charge is 0.463 e. The smallest absolute Gasteiger partial charge is 0.293 e. The van der Waals surface area contributed by atoms with Crippen molar-refractivity contribution in [3.05, 3.63) is 35.4 Å². The van der Waals surface area contributed by atoms with Crippen molar-refractivity contribution in [2.45, 2.75) is 20.5 Å². The molecule has 0 bridgehead atoms. The van der Waals surface area contributed by atoms with Crippen molar-refractivity contribution >= 4 is 12.3 Å². The maximum Gasteiger partial charge on any atom is 0.293 e. The molecule has 1 aromatic rings. The van der Waals surface area contributed by atoms with Crippen LogP contribution in [-0.2, 0) is 16.1 Å². The quantitative estimate of drug-likeness (QED) is 0.627. The van der Waals surface area contributed by atoms with Gasteiger partial charge in [-0.2, -0.15) is 0 Å². The molecule has 0 aliphatic carbocycles. The molecule has 1 N–H and O–H groups in total. The van der Waals surface area contributed by atoms with E-state index in [2.05, 4.69) is 4.74 Å². The van der Waals surface area contributed by atoms with Crippen LogP contribution in [0.3, 0.4) is 0 Å². The van der Waals surface area contributed by atoms with E-state index in [1.54, 1.807) is 18.2 Å². The van der Waals surface area contributed by atoms with Crippen molar-refractivity contribution in [2.24, 2.45) is 5.92 Å². The van der Waals surface area contributed by atoms with Crippen LogP contribution in [0.15, 0.2) is 24.3 Å². The summed E-state index contributed by atoms with van der Waals surface area (Å²) in [6.07, 6.45) is 0. The molecule has 0 aromatic heterocycles. The van der Waals surface area contributed by atoms with Gasteiger partial charge in [-0.1, -0.05) is 32.0 Å². The Kier molecular flexibility index (Phi) is 7.63. The number of benzene rings is 1. The average molecular weight is 238 g/mol. The fourth-order valence-electron chi connectivity index (χ4n) is 1.28. The number of aliphatic hydroxyl groups is 1. The van der Waals surface area contributed by atoms with Gasteiger partial charge in [-0.3, -0.25) is 9.59 Å². The van der Waals surface area contributed by atoms with Crippen LogP contribution in [0.25, 0.3) is 0 Å². The summed E-state index contributed by atoms with van der Waals surface area (Å²) < 4.78 is 4.62. The molecule has 0 atom stereocenters. The molecule has 0 aliphatic heterocycles. The number of rotatable bonds is 5. The number of ketones is 1. The number of Topliss-reactive ketones (excluding diaryl/α,β-unsaturated/α-hetero) is 1. The summed E-state index contributed by atoms with van der Waals surface area (Å²) in [4.78, 5) is 21.7. The minimum atomic E-state index is -0.0211. The van der Waals surface area contributed by atoms with Gasteiger partial charge in [-0.05, 0) is 11.6 Å². The van der Waals surface area contributed by atoms with Crippen LogP contribution in [-0.4, -0.2) is 24.5 Å². The van der Waals surface area contributed by atoms with Crippen LogP contribution in [0.4, 0.5) is 0 Å². The van der Waals surface area contributed by atoms with Crippen LogP contribution < -0.4 is 0 Å². The van der Waals surface area contributed by atoms with Crippen molar-refractivity contribution in [1.82, 2.24) is 0 Å². The first kappa shape index (κ1) is 15.3. The Morgan fingerprint density at radius 2 is 2.06 bits per heavy atom. The molecular formula is C13H18O4. The lowest BCUT2D eigenvalue weighted by Crippen LogP contribution is -2.07. The van der Waals surface area contributed by atoms with Gasteiger partial charge in [0.05, 0.1) is 0 Å². The van der Waals surface area contributed by atoms with Crippen LogP contribution >= 0.6 is 0 Å². The van der Waals surface area contributed by atoms with Gasteiger partial charge >= 0.3 is 0 Å². The van der Waals surface area contributed by atoms with E-state index in [-0.39, 0.29) is 18.3 Å². The zero-order valence-electron chi connectivity index (χ0n) is 10.3. The van der Waals surface area contributed by atoms with Gasteiger partial charge in [-0.15, -0.1) is 0 Å². The molecule has 94 valence electrons. The van der Waals surface area contributed by atoms with Gasteiger partial charge in [0.1, 0.15) is 6.61 Å². The summed E-state index contributed by atoms with van der Waals surface area (Å²) in [6, 6.07) is 7.14. The Morgan fingerprint density at radius 1 is 1.41 bits per heavy atom. The van der Waals surface area contributed by atoms with E-state index in [9.17, 15) is 9.59 Å². The monoisotopic (exact) mass is 238 g/mol. The third-order valence-electron chi connectivity index (χ3n) is 2.05. The van der Waals surface area contributed by atoms with E-state index in [0.717, 1.165) is 12.7 Å². The lowest BCUT2D eigenvalue weighted by molar-refractivity contribution is -0.129. The standard InChI is InChI=1S/C12H14O3.CH4O/c1-9(2)12(14)11-5-3-4-10(6-11)7-15-8-13;1-2/h3-6,8-9H,7H2,1-2H3;2H,1H3. The summed E-state index contributed by atoms with van der Waals surface area (Å²) in [6.45, 7) is 4.33. The van der Waals surface area contributed by atoms with Gasteiger partial charge in [-0.25, -0.2) is 0 Å². The molecule has 0 amide bonds. The first-order valence-corrected chi connectivity index (χ1v) is 5.28. The van der Waals surface area contributed by atoms with E-state index in [4.69, 9.17) is 5.11 Å². The van der Waals surface area contributed by atoms with Crippen molar-refractivity contribution < 1.29 is 19.4 Å². The molecule has 0 radical (unpaired) electrons. The summed E-state index contributed by atoms with van der Waals surface area (Å²) in [7, 11) is 1.00. The molecule has 0 unspecified atom stereocenters. The van der Waals surface area contributed by atoms with Gasteiger partial charge in [0.25, 0.3) is 6.47 Å². The molecule has 17 heavy (non-hydrogen) atoms. The summed E-state index contributed by atoms with van der Waals surface area (Å²) in [5, 5.41) is 7.00. The van der Waals surface area contributed by atoms with Gasteiger partial charge in [0.2, 0.25) is 0 Å². The highest BCUT2D eigenvalue weighted by molar-refractivity contribution is 5.97. The number of carbonyl (C=O) groups is 2. The van der Waals surface area contributed by atoms with Crippen molar-refractivity contribution in [1.29, 1.82) is 0 Å². The van der Waals surface area contributed by atoms with E-state index in [1.807, 2.05) is 19.9 Å². The second-order valence-corrected chi connectivity index (χ2v) is 3.63. The third-order valence-corrected chi connectivity index (χ3v) is 2.05. The highest BCUT2D eigenvalue weighted by atomic mass is 16.5. The normalized spacial score (nSPS) is 9.24. The molecule has 4 heteroatoms. The van der Waals surface area contributed by atoms with Crippen molar-refractivity contribution in [3.8, 4) is 0 Å². The van der Waals surface area contributed by atoms with Crippen LogP contribution in [0, 0.1) is 5.92 Å². The zero-order chi connectivity index (χ0) is 13.3. The molecule has 0 saturated heterocycles. The lowest BCUT2D eigenvalue weighted by Gasteiger charge is -2.06. The topological polar surface area (TPSA) is 63.6 Å². The molecule has 1 rings (SSSR count). The summed E-state index contributed by atoms with van der Waals surface area (Å²) >= 11 is 0. The maximum atomic E-state index is 11.7. The first-order valence-electron chi connectivity index (χ1n) is 5.28. The molecule has 1 aromatic carbocycles. The van der Waals surface area contributed by atoms with Gasteiger partial charge < -0.3 is 9.84 Å². The number of ether oxygens (including phenoxy) is 1. The molecule has 0 aliphatic rings. The Morgan fingerprint density at radius 3 is 2.59 bits per heavy atom. The molecule has 0 spiro atoms. The minimum absolute atomic E-state index is 0.0211. The number of carbonyl (C=O) groups excluding carboxylic acids is 2. The fraction of sp³-hybridized carbons (Fsp3) is 0.385. The first-order chi connectivity index (χ1) is 8.15. The van der Waals surface area contributed by atoms with Crippen LogP contribution in [0.1, 0.15) is 29.8 Å².